The van der Waals surface area contributed by atoms with Crippen molar-refractivity contribution in [1.29, 1.82) is 0 Å². The Morgan fingerprint density at radius 1 is 1.07 bits per heavy atom. The van der Waals surface area contributed by atoms with E-state index in [2.05, 4.69) is 10.4 Å². The fourth-order valence-corrected chi connectivity index (χ4v) is 4.20. The number of aliphatic hydroxyl groups is 2. The van der Waals surface area contributed by atoms with Crippen molar-refractivity contribution in [2.45, 2.75) is 77.7 Å². The highest BCUT2D eigenvalue weighted by Gasteiger charge is 2.25. The number of hydrogen-bond donors (Lipinski definition) is 3. The van der Waals surface area contributed by atoms with Gasteiger partial charge in [0.1, 0.15) is 11.4 Å². The quantitative estimate of drug-likeness (QED) is 0.292. The first-order valence-electron chi connectivity index (χ1n) is 13.3. The summed E-state index contributed by atoms with van der Waals surface area (Å²) in [5.41, 5.74) is 2.19. The molecule has 1 aromatic heterocycles. The normalized spacial score (nSPS) is 13.4. The van der Waals surface area contributed by atoms with Gasteiger partial charge in [-0.3, -0.25) is 9.59 Å². The molecule has 9 heteroatoms. The first kappa shape index (κ1) is 30.7. The van der Waals surface area contributed by atoms with E-state index in [1.807, 2.05) is 44.2 Å². The summed E-state index contributed by atoms with van der Waals surface area (Å²) in [6.45, 7) is 9.39. The van der Waals surface area contributed by atoms with Gasteiger partial charge in [-0.1, -0.05) is 50.3 Å². The average molecular weight is 552 g/mol. The standard InChI is InChI=1S/C31H38FN3O5/c1-20(2)28-26(16-15-24(36)17-25(37)18-27(38)40-31(3,4)5)35(23-13-11-22(32)12-14-23)34-29(28)30(39)33-19-21-9-7-6-8-10-21/h6-16,20,24-25,36-37H,17-19H2,1-5H3,(H,33,39)/b16-15+. The molecule has 0 bridgehead atoms. The number of hydrogen-bond acceptors (Lipinski definition) is 6. The molecule has 3 aromatic rings. The summed E-state index contributed by atoms with van der Waals surface area (Å²) < 4.78 is 20.4. The molecular weight excluding hydrogens is 513 g/mol. The second kappa shape index (κ2) is 13.5. The lowest BCUT2D eigenvalue weighted by molar-refractivity contribution is -0.157. The van der Waals surface area contributed by atoms with Crippen molar-refractivity contribution in [1.82, 2.24) is 15.1 Å². The number of amides is 1. The third kappa shape index (κ3) is 8.86. The monoisotopic (exact) mass is 551 g/mol. The van der Waals surface area contributed by atoms with E-state index in [-0.39, 0.29) is 30.4 Å². The number of ether oxygens (including phenoxy) is 1. The van der Waals surface area contributed by atoms with Crippen LogP contribution in [0.15, 0.2) is 60.7 Å². The molecule has 0 radical (unpaired) electrons. The zero-order valence-corrected chi connectivity index (χ0v) is 23.6. The van der Waals surface area contributed by atoms with Crippen LogP contribution in [0.1, 0.15) is 80.7 Å². The van der Waals surface area contributed by atoms with Crippen LogP contribution in [-0.4, -0.2) is 49.7 Å². The van der Waals surface area contributed by atoms with E-state index in [1.54, 1.807) is 39.0 Å². The number of benzene rings is 2. The predicted octanol–water partition coefficient (Wildman–Crippen LogP) is 4.92. The largest absolute Gasteiger partial charge is 0.460 e. The Kier molecular flexibility index (Phi) is 10.4. The number of carbonyl (C=O) groups is 2. The fraction of sp³-hybridized carbons (Fsp3) is 0.387. The number of rotatable bonds is 11. The van der Waals surface area contributed by atoms with Crippen molar-refractivity contribution in [3.63, 3.8) is 0 Å². The number of carbonyl (C=O) groups excluding carboxylic acids is 2. The van der Waals surface area contributed by atoms with Crippen molar-refractivity contribution >= 4 is 18.0 Å². The van der Waals surface area contributed by atoms with Gasteiger partial charge in [0.05, 0.1) is 30.0 Å². The third-order valence-electron chi connectivity index (χ3n) is 5.93. The van der Waals surface area contributed by atoms with Crippen LogP contribution in [0.4, 0.5) is 4.39 Å². The van der Waals surface area contributed by atoms with Crippen molar-refractivity contribution in [2.75, 3.05) is 0 Å². The smallest absolute Gasteiger partial charge is 0.308 e. The van der Waals surface area contributed by atoms with E-state index in [0.29, 0.717) is 23.5 Å². The number of halogens is 1. The van der Waals surface area contributed by atoms with Crippen LogP contribution >= 0.6 is 0 Å². The molecule has 3 N–H and O–H groups in total. The molecule has 214 valence electrons. The summed E-state index contributed by atoms with van der Waals surface area (Å²) >= 11 is 0. The van der Waals surface area contributed by atoms with Crippen molar-refractivity contribution < 1.29 is 28.9 Å². The summed E-state index contributed by atoms with van der Waals surface area (Å²) in [6, 6.07) is 15.2. The minimum absolute atomic E-state index is 0.0954. The molecule has 3 rings (SSSR count). The van der Waals surface area contributed by atoms with E-state index in [0.717, 1.165) is 5.56 Å². The maximum Gasteiger partial charge on any atom is 0.308 e. The highest BCUT2D eigenvalue weighted by atomic mass is 19.1. The zero-order chi connectivity index (χ0) is 29.4. The number of nitrogens with zero attached hydrogens (tertiary/aromatic N) is 2. The zero-order valence-electron chi connectivity index (χ0n) is 23.6. The second-order valence-electron chi connectivity index (χ2n) is 11.0. The predicted molar refractivity (Wildman–Crippen MR) is 151 cm³/mol. The van der Waals surface area contributed by atoms with Crippen LogP contribution in [-0.2, 0) is 16.1 Å². The van der Waals surface area contributed by atoms with E-state index < -0.39 is 29.6 Å². The minimum Gasteiger partial charge on any atom is -0.460 e. The van der Waals surface area contributed by atoms with Gasteiger partial charge < -0.3 is 20.3 Å². The Bertz CT molecular complexity index is 1310. The molecule has 0 saturated carbocycles. The molecule has 0 aliphatic heterocycles. The van der Waals surface area contributed by atoms with Gasteiger partial charge in [0.15, 0.2) is 5.69 Å². The highest BCUT2D eigenvalue weighted by Crippen LogP contribution is 2.28. The van der Waals surface area contributed by atoms with Gasteiger partial charge in [0, 0.05) is 18.5 Å². The Balaban J connectivity index is 1.88. The van der Waals surface area contributed by atoms with Gasteiger partial charge >= 0.3 is 5.97 Å². The van der Waals surface area contributed by atoms with E-state index in [1.165, 1.54) is 22.9 Å². The van der Waals surface area contributed by atoms with E-state index in [9.17, 15) is 24.2 Å². The van der Waals surface area contributed by atoms with Crippen LogP contribution in [0.2, 0.25) is 0 Å². The molecule has 0 aliphatic carbocycles. The molecule has 0 spiro atoms. The van der Waals surface area contributed by atoms with E-state index in [4.69, 9.17) is 4.74 Å². The maximum atomic E-state index is 13.7. The molecule has 1 amide bonds. The van der Waals surface area contributed by atoms with Gasteiger partial charge in [-0.05, 0) is 62.6 Å². The first-order valence-corrected chi connectivity index (χ1v) is 13.3. The maximum absolute atomic E-state index is 13.7. The molecule has 2 aromatic carbocycles. The first-order chi connectivity index (χ1) is 18.8. The summed E-state index contributed by atoms with van der Waals surface area (Å²) in [7, 11) is 0. The van der Waals surface area contributed by atoms with Crippen LogP contribution in [0, 0.1) is 5.82 Å². The summed E-state index contributed by atoms with van der Waals surface area (Å²) in [6.07, 6.45) is 0.558. The van der Waals surface area contributed by atoms with Gasteiger partial charge in [-0.2, -0.15) is 5.10 Å². The molecular formula is C31H38FN3O5. The fourth-order valence-electron chi connectivity index (χ4n) is 4.20. The molecule has 0 saturated heterocycles. The molecule has 8 nitrogen and oxygen atoms in total. The third-order valence-corrected chi connectivity index (χ3v) is 5.93. The minimum atomic E-state index is -1.11. The SMILES string of the molecule is CC(C)c1c(C(=O)NCc2ccccc2)nn(-c2ccc(F)cc2)c1/C=C/C(O)CC(O)CC(=O)OC(C)(C)C. The summed E-state index contributed by atoms with van der Waals surface area (Å²) in [4.78, 5) is 25.3. The molecule has 2 unspecified atom stereocenters. The molecule has 1 heterocycles. The Morgan fingerprint density at radius 2 is 1.73 bits per heavy atom. The van der Waals surface area contributed by atoms with Gasteiger partial charge in [0.25, 0.3) is 5.91 Å². The Hall–Kier alpha value is -3.82. The van der Waals surface area contributed by atoms with Crippen LogP contribution in [0.5, 0.6) is 0 Å². The number of aliphatic hydroxyl groups excluding tert-OH is 2. The lowest BCUT2D eigenvalue weighted by Gasteiger charge is -2.21. The number of nitrogens with one attached hydrogen (secondary N) is 1. The second-order valence-corrected chi connectivity index (χ2v) is 11.0. The lowest BCUT2D eigenvalue weighted by atomic mass is 9.98. The van der Waals surface area contributed by atoms with Crippen molar-refractivity contribution in [3.8, 4) is 5.69 Å². The average Bonchev–Trinajstić information content (AvgIpc) is 3.25. The highest BCUT2D eigenvalue weighted by molar-refractivity contribution is 5.95. The molecule has 40 heavy (non-hydrogen) atoms. The van der Waals surface area contributed by atoms with Gasteiger partial charge in [0.2, 0.25) is 0 Å². The van der Waals surface area contributed by atoms with Crippen LogP contribution in [0.25, 0.3) is 11.8 Å². The van der Waals surface area contributed by atoms with Gasteiger partial charge in [-0.15, -0.1) is 0 Å². The lowest BCUT2D eigenvalue weighted by Crippen LogP contribution is -2.27. The molecule has 2 atom stereocenters. The number of esters is 1. The van der Waals surface area contributed by atoms with Crippen molar-refractivity contribution in [2.24, 2.45) is 0 Å². The van der Waals surface area contributed by atoms with Gasteiger partial charge in [-0.25, -0.2) is 9.07 Å². The topological polar surface area (TPSA) is 114 Å². The Labute approximate surface area is 234 Å². The molecule has 0 aliphatic rings. The summed E-state index contributed by atoms with van der Waals surface area (Å²) in [5, 5.41) is 28.4. The van der Waals surface area contributed by atoms with Crippen molar-refractivity contribution in [3.05, 3.63) is 89.0 Å². The Morgan fingerprint density at radius 3 is 2.33 bits per heavy atom. The van der Waals surface area contributed by atoms with E-state index >= 15 is 0 Å². The number of aromatic nitrogens is 2. The van der Waals surface area contributed by atoms with Crippen LogP contribution in [0.3, 0.4) is 0 Å². The molecule has 0 fully saturated rings. The summed E-state index contributed by atoms with van der Waals surface area (Å²) in [5.74, 6) is -1.45. The van der Waals surface area contributed by atoms with Crippen LogP contribution < -0.4 is 5.32 Å².